The molecule has 3 atom stereocenters. The van der Waals surface area contributed by atoms with Gasteiger partial charge in [0.1, 0.15) is 0 Å². The van der Waals surface area contributed by atoms with Gasteiger partial charge in [-0.05, 0) is 74.7 Å². The number of hydrogen-bond donors (Lipinski definition) is 1. The second-order valence-electron chi connectivity index (χ2n) is 8.91. The van der Waals surface area contributed by atoms with Gasteiger partial charge in [0.15, 0.2) is 0 Å². The molecule has 0 amide bonds. The summed E-state index contributed by atoms with van der Waals surface area (Å²) in [5.41, 5.74) is 6.90. The van der Waals surface area contributed by atoms with E-state index in [1.54, 1.807) is 0 Å². The van der Waals surface area contributed by atoms with Gasteiger partial charge in [0.25, 0.3) is 0 Å². The zero-order chi connectivity index (χ0) is 14.9. The molecular weight excluding hydrogens is 258 g/mol. The third-order valence-corrected chi connectivity index (χ3v) is 6.79. The van der Waals surface area contributed by atoms with Crippen LogP contribution in [0.25, 0.3) is 0 Å². The van der Waals surface area contributed by atoms with Gasteiger partial charge < -0.3 is 10.5 Å². The first-order chi connectivity index (χ1) is 10.0. The van der Waals surface area contributed by atoms with Crippen LogP contribution in [0.3, 0.4) is 0 Å². The van der Waals surface area contributed by atoms with Gasteiger partial charge in [-0.2, -0.15) is 0 Å². The van der Waals surface area contributed by atoms with Crippen molar-refractivity contribution in [2.24, 2.45) is 28.9 Å². The number of ether oxygens (including phenoxy) is 1. The summed E-state index contributed by atoms with van der Waals surface area (Å²) < 4.78 is 6.32. The third-order valence-electron chi connectivity index (χ3n) is 6.79. The average molecular weight is 293 g/mol. The predicted octanol–water partition coefficient (Wildman–Crippen LogP) is 4.52. The van der Waals surface area contributed by atoms with Gasteiger partial charge >= 0.3 is 0 Å². The van der Waals surface area contributed by atoms with E-state index in [1.807, 2.05) is 0 Å². The smallest absolute Gasteiger partial charge is 0.0685 e. The Morgan fingerprint density at radius 1 is 1.00 bits per heavy atom. The van der Waals surface area contributed by atoms with E-state index in [2.05, 4.69) is 13.8 Å². The fourth-order valence-electron chi connectivity index (χ4n) is 5.52. The zero-order valence-electron chi connectivity index (χ0n) is 14.2. The highest BCUT2D eigenvalue weighted by atomic mass is 16.5. The van der Waals surface area contributed by atoms with Crippen molar-refractivity contribution in [3.8, 4) is 0 Å². The van der Waals surface area contributed by atoms with E-state index in [9.17, 15) is 0 Å². The highest BCUT2D eigenvalue weighted by Gasteiger charge is 2.44. The Morgan fingerprint density at radius 3 is 2.48 bits per heavy atom. The topological polar surface area (TPSA) is 35.2 Å². The van der Waals surface area contributed by atoms with Crippen molar-refractivity contribution in [1.29, 1.82) is 0 Å². The highest BCUT2D eigenvalue weighted by Crippen LogP contribution is 2.50. The molecule has 3 aliphatic rings. The van der Waals surface area contributed by atoms with Crippen LogP contribution in [0.5, 0.6) is 0 Å². The molecule has 21 heavy (non-hydrogen) atoms. The second-order valence-corrected chi connectivity index (χ2v) is 8.91. The van der Waals surface area contributed by atoms with Gasteiger partial charge in [0.2, 0.25) is 0 Å². The average Bonchev–Trinajstić information content (AvgIpc) is 2.47. The molecule has 0 aromatic heterocycles. The lowest BCUT2D eigenvalue weighted by molar-refractivity contribution is -0.133. The summed E-state index contributed by atoms with van der Waals surface area (Å²) in [7, 11) is 0. The van der Waals surface area contributed by atoms with Crippen molar-refractivity contribution >= 4 is 0 Å². The van der Waals surface area contributed by atoms with E-state index in [1.165, 1.54) is 64.2 Å². The molecule has 2 N–H and O–H groups in total. The lowest BCUT2D eigenvalue weighted by atomic mass is 9.60. The molecule has 0 aromatic carbocycles. The summed E-state index contributed by atoms with van der Waals surface area (Å²) in [5, 5.41) is 0. The van der Waals surface area contributed by atoms with E-state index in [-0.39, 0.29) is 5.60 Å². The summed E-state index contributed by atoms with van der Waals surface area (Å²) in [5.74, 6) is 2.48. The van der Waals surface area contributed by atoms with Gasteiger partial charge in [-0.15, -0.1) is 0 Å². The van der Waals surface area contributed by atoms with E-state index < -0.39 is 0 Å². The molecule has 1 spiro atoms. The summed E-state index contributed by atoms with van der Waals surface area (Å²) in [4.78, 5) is 0. The maximum Gasteiger partial charge on any atom is 0.0685 e. The van der Waals surface area contributed by atoms with Crippen molar-refractivity contribution in [2.45, 2.75) is 83.7 Å². The Balaban J connectivity index is 1.71. The van der Waals surface area contributed by atoms with Crippen molar-refractivity contribution in [1.82, 2.24) is 0 Å². The third kappa shape index (κ3) is 3.47. The van der Waals surface area contributed by atoms with Crippen LogP contribution in [0.1, 0.15) is 78.1 Å². The zero-order valence-corrected chi connectivity index (χ0v) is 14.2. The van der Waals surface area contributed by atoms with Crippen LogP contribution in [0.2, 0.25) is 0 Å². The minimum Gasteiger partial charge on any atom is -0.375 e. The lowest BCUT2D eigenvalue weighted by Crippen LogP contribution is -2.46. The first kappa shape index (κ1) is 15.8. The molecule has 122 valence electrons. The van der Waals surface area contributed by atoms with Gasteiger partial charge in [-0.1, -0.05) is 33.1 Å². The Bertz CT molecular complexity index is 340. The molecule has 2 aliphatic carbocycles. The molecule has 1 saturated heterocycles. The van der Waals surface area contributed by atoms with Crippen LogP contribution < -0.4 is 5.73 Å². The van der Waals surface area contributed by atoms with Crippen molar-refractivity contribution in [3.63, 3.8) is 0 Å². The summed E-state index contributed by atoms with van der Waals surface area (Å²) in [6, 6.07) is 0. The van der Waals surface area contributed by atoms with Crippen LogP contribution >= 0.6 is 0 Å². The van der Waals surface area contributed by atoms with Crippen LogP contribution in [0, 0.1) is 23.2 Å². The monoisotopic (exact) mass is 293 g/mol. The number of hydrogen-bond acceptors (Lipinski definition) is 2. The van der Waals surface area contributed by atoms with Crippen molar-refractivity contribution in [2.75, 3.05) is 13.2 Å². The standard InChI is InChI=1S/C19H35NO/c1-18(2)10-6-16(14-20)17(13-18)15-7-11-21-19(12-15)8-4-3-5-9-19/h15-17H,3-14,20H2,1-2H3. The SMILES string of the molecule is CC1(C)CCC(CN)C(C2CCOC3(CCCCC3)C2)C1. The Morgan fingerprint density at radius 2 is 1.76 bits per heavy atom. The number of rotatable bonds is 2. The molecule has 1 aliphatic heterocycles. The molecule has 0 bridgehead atoms. The largest absolute Gasteiger partial charge is 0.375 e. The lowest BCUT2D eigenvalue weighted by Gasteiger charge is -2.50. The Labute approximate surface area is 131 Å². The van der Waals surface area contributed by atoms with Gasteiger partial charge in [-0.25, -0.2) is 0 Å². The molecule has 2 heteroatoms. The van der Waals surface area contributed by atoms with E-state index >= 15 is 0 Å². The molecule has 3 unspecified atom stereocenters. The quantitative estimate of drug-likeness (QED) is 0.812. The molecular formula is C19H35NO. The van der Waals surface area contributed by atoms with E-state index in [0.29, 0.717) is 5.41 Å². The molecule has 2 nitrogen and oxygen atoms in total. The fraction of sp³-hybridized carbons (Fsp3) is 1.00. The molecule has 1 heterocycles. The van der Waals surface area contributed by atoms with Crippen LogP contribution in [0.4, 0.5) is 0 Å². The molecule has 2 saturated carbocycles. The van der Waals surface area contributed by atoms with Crippen molar-refractivity contribution < 1.29 is 4.74 Å². The normalized spacial score (nSPS) is 39.3. The van der Waals surface area contributed by atoms with Gasteiger partial charge in [0, 0.05) is 6.61 Å². The maximum atomic E-state index is 6.32. The summed E-state index contributed by atoms with van der Waals surface area (Å²) in [6.07, 6.45) is 13.5. The minimum absolute atomic E-state index is 0.252. The first-order valence-corrected chi connectivity index (χ1v) is 9.38. The fourth-order valence-corrected chi connectivity index (χ4v) is 5.52. The first-order valence-electron chi connectivity index (χ1n) is 9.38. The van der Waals surface area contributed by atoms with Crippen LogP contribution in [0.15, 0.2) is 0 Å². The van der Waals surface area contributed by atoms with Crippen LogP contribution in [-0.2, 0) is 4.74 Å². The molecule has 3 rings (SSSR count). The predicted molar refractivity (Wildman–Crippen MR) is 88.2 cm³/mol. The molecule has 0 radical (unpaired) electrons. The summed E-state index contributed by atoms with van der Waals surface area (Å²) in [6.45, 7) is 6.81. The molecule has 0 aromatic rings. The Kier molecular flexibility index (Phi) is 4.66. The second kappa shape index (κ2) is 6.20. The van der Waals surface area contributed by atoms with Crippen molar-refractivity contribution in [3.05, 3.63) is 0 Å². The van der Waals surface area contributed by atoms with E-state index in [4.69, 9.17) is 10.5 Å². The molecule has 3 fully saturated rings. The summed E-state index contributed by atoms with van der Waals surface area (Å²) >= 11 is 0. The highest BCUT2D eigenvalue weighted by molar-refractivity contribution is 4.95. The maximum absolute atomic E-state index is 6.32. The minimum atomic E-state index is 0.252. The van der Waals surface area contributed by atoms with Crippen LogP contribution in [-0.4, -0.2) is 18.8 Å². The number of nitrogens with two attached hydrogens (primary N) is 1. The van der Waals surface area contributed by atoms with E-state index in [0.717, 1.165) is 30.9 Å². The van der Waals surface area contributed by atoms with Gasteiger partial charge in [0.05, 0.1) is 5.60 Å². The Hall–Kier alpha value is -0.0800. The van der Waals surface area contributed by atoms with Gasteiger partial charge in [-0.3, -0.25) is 0 Å².